The Hall–Kier alpha value is -1.38. The van der Waals surface area contributed by atoms with E-state index in [-0.39, 0.29) is 6.10 Å². The first kappa shape index (κ1) is 12.6. The minimum Gasteiger partial charge on any atom is -0.377 e. The van der Waals surface area contributed by atoms with Crippen molar-refractivity contribution < 1.29 is 4.74 Å². The van der Waals surface area contributed by atoms with E-state index in [1.807, 2.05) is 7.11 Å². The Labute approximate surface area is 114 Å². The lowest BCUT2D eigenvalue weighted by atomic mass is 9.77. The van der Waals surface area contributed by atoms with Gasteiger partial charge in [0.05, 0.1) is 6.10 Å². The molecule has 0 aliphatic heterocycles. The van der Waals surface area contributed by atoms with Crippen LogP contribution < -0.4 is 5.73 Å². The molecule has 0 fully saturated rings. The highest BCUT2D eigenvalue weighted by Crippen LogP contribution is 2.43. The second kappa shape index (κ2) is 5.32. The maximum Gasteiger partial charge on any atom is 0.0824 e. The van der Waals surface area contributed by atoms with Crippen LogP contribution in [0, 0.1) is 0 Å². The van der Waals surface area contributed by atoms with E-state index in [0.717, 1.165) is 19.4 Å². The quantitative estimate of drug-likeness (QED) is 0.906. The molecule has 1 aliphatic rings. The molecule has 2 heteroatoms. The highest BCUT2D eigenvalue weighted by Gasteiger charge is 2.28. The van der Waals surface area contributed by atoms with Gasteiger partial charge >= 0.3 is 0 Å². The molecule has 2 atom stereocenters. The van der Waals surface area contributed by atoms with Crippen molar-refractivity contribution in [2.45, 2.75) is 31.3 Å². The summed E-state index contributed by atoms with van der Waals surface area (Å²) in [5, 5.41) is 2.69. The number of benzene rings is 2. The number of fused-ring (bicyclic) bond motifs is 3. The molecule has 0 saturated heterocycles. The van der Waals surface area contributed by atoms with Gasteiger partial charge in [-0.05, 0) is 53.6 Å². The van der Waals surface area contributed by atoms with Crippen LogP contribution in [0.5, 0.6) is 0 Å². The lowest BCUT2D eigenvalue weighted by Crippen LogP contribution is -2.18. The Morgan fingerprint density at radius 3 is 2.79 bits per heavy atom. The van der Waals surface area contributed by atoms with Crippen LogP contribution in [0.4, 0.5) is 0 Å². The zero-order valence-electron chi connectivity index (χ0n) is 11.4. The Bertz CT molecular complexity index is 578. The maximum atomic E-state index is 5.80. The molecule has 0 radical (unpaired) electrons. The van der Waals surface area contributed by atoms with E-state index in [1.165, 1.54) is 28.3 Å². The van der Waals surface area contributed by atoms with E-state index < -0.39 is 0 Å². The number of methoxy groups -OCH3 is 1. The fourth-order valence-electron chi connectivity index (χ4n) is 3.44. The molecular formula is C17H21NO. The molecule has 19 heavy (non-hydrogen) atoms. The van der Waals surface area contributed by atoms with Crippen molar-refractivity contribution in [2.24, 2.45) is 5.73 Å². The second-order valence-electron chi connectivity index (χ2n) is 5.37. The van der Waals surface area contributed by atoms with Gasteiger partial charge in [-0.15, -0.1) is 0 Å². The van der Waals surface area contributed by atoms with E-state index in [0.29, 0.717) is 5.92 Å². The van der Waals surface area contributed by atoms with E-state index in [9.17, 15) is 0 Å². The van der Waals surface area contributed by atoms with Crippen molar-refractivity contribution in [1.82, 2.24) is 0 Å². The minimum atomic E-state index is 0.244. The molecule has 2 N–H and O–H groups in total. The van der Waals surface area contributed by atoms with Gasteiger partial charge < -0.3 is 10.5 Å². The summed E-state index contributed by atoms with van der Waals surface area (Å²) in [6.07, 6.45) is 3.59. The van der Waals surface area contributed by atoms with Crippen molar-refractivity contribution in [3.8, 4) is 0 Å². The zero-order valence-corrected chi connectivity index (χ0v) is 11.4. The molecule has 100 valence electrons. The standard InChI is InChI=1S/C17H21NO/c1-19-16-9-7-13(10-11-18)17-14-5-3-2-4-12(14)6-8-15(16)17/h2-6,8,13,16H,7,9-11,18H2,1H3. The summed E-state index contributed by atoms with van der Waals surface area (Å²) in [4.78, 5) is 0. The molecule has 3 rings (SSSR count). The summed E-state index contributed by atoms with van der Waals surface area (Å²) in [6, 6.07) is 13.1. The molecule has 0 aromatic heterocycles. The van der Waals surface area contributed by atoms with E-state index in [1.54, 1.807) is 0 Å². The molecule has 2 nitrogen and oxygen atoms in total. The number of rotatable bonds is 3. The van der Waals surface area contributed by atoms with Crippen LogP contribution in [-0.2, 0) is 4.74 Å². The summed E-state index contributed by atoms with van der Waals surface area (Å²) < 4.78 is 5.66. The van der Waals surface area contributed by atoms with Crippen LogP contribution >= 0.6 is 0 Å². The maximum absolute atomic E-state index is 5.80. The molecule has 0 saturated carbocycles. The number of hydrogen-bond donors (Lipinski definition) is 1. The Kier molecular flexibility index (Phi) is 3.54. The summed E-state index contributed by atoms with van der Waals surface area (Å²) in [6.45, 7) is 0.755. The first-order valence-corrected chi connectivity index (χ1v) is 7.09. The number of ether oxygens (including phenoxy) is 1. The second-order valence-corrected chi connectivity index (χ2v) is 5.37. The fourth-order valence-corrected chi connectivity index (χ4v) is 3.44. The summed E-state index contributed by atoms with van der Waals surface area (Å²) in [7, 11) is 1.81. The molecule has 1 aliphatic carbocycles. The van der Waals surface area contributed by atoms with Crippen LogP contribution in [0.15, 0.2) is 36.4 Å². The van der Waals surface area contributed by atoms with Crippen LogP contribution in [0.2, 0.25) is 0 Å². The number of nitrogens with two attached hydrogens (primary N) is 1. The van der Waals surface area contributed by atoms with Crippen LogP contribution in [-0.4, -0.2) is 13.7 Å². The topological polar surface area (TPSA) is 35.2 Å². The molecule has 0 bridgehead atoms. The summed E-state index contributed by atoms with van der Waals surface area (Å²) in [5.74, 6) is 0.581. The van der Waals surface area contributed by atoms with Gasteiger partial charge in [0, 0.05) is 7.11 Å². The molecule has 0 heterocycles. The molecule has 2 aromatic carbocycles. The Morgan fingerprint density at radius 1 is 1.16 bits per heavy atom. The van der Waals surface area contributed by atoms with Gasteiger partial charge in [0.25, 0.3) is 0 Å². The average Bonchev–Trinajstić information content (AvgIpc) is 2.47. The average molecular weight is 255 g/mol. The monoisotopic (exact) mass is 255 g/mol. The Balaban J connectivity index is 2.21. The molecule has 2 unspecified atom stereocenters. The minimum absolute atomic E-state index is 0.244. The third-order valence-corrected chi connectivity index (χ3v) is 4.34. The van der Waals surface area contributed by atoms with Crippen molar-refractivity contribution in [3.63, 3.8) is 0 Å². The van der Waals surface area contributed by atoms with Gasteiger partial charge in [-0.3, -0.25) is 0 Å². The third kappa shape index (κ3) is 2.15. The van der Waals surface area contributed by atoms with Crippen LogP contribution in [0.3, 0.4) is 0 Å². The van der Waals surface area contributed by atoms with E-state index in [2.05, 4.69) is 36.4 Å². The van der Waals surface area contributed by atoms with Crippen molar-refractivity contribution in [2.75, 3.05) is 13.7 Å². The highest BCUT2D eigenvalue weighted by molar-refractivity contribution is 5.87. The van der Waals surface area contributed by atoms with Crippen molar-refractivity contribution in [3.05, 3.63) is 47.5 Å². The number of hydrogen-bond acceptors (Lipinski definition) is 2. The van der Waals surface area contributed by atoms with Crippen LogP contribution in [0.1, 0.15) is 42.4 Å². The highest BCUT2D eigenvalue weighted by atomic mass is 16.5. The summed E-state index contributed by atoms with van der Waals surface area (Å²) in [5.41, 5.74) is 8.64. The fraction of sp³-hybridized carbons (Fsp3) is 0.412. The lowest BCUT2D eigenvalue weighted by molar-refractivity contribution is 0.0841. The Morgan fingerprint density at radius 2 is 2.00 bits per heavy atom. The van der Waals surface area contributed by atoms with Crippen molar-refractivity contribution >= 4 is 10.8 Å². The predicted molar refractivity (Wildman–Crippen MR) is 79.3 cm³/mol. The van der Waals surface area contributed by atoms with E-state index >= 15 is 0 Å². The lowest BCUT2D eigenvalue weighted by Gasteiger charge is -2.32. The van der Waals surface area contributed by atoms with Gasteiger partial charge in [0.2, 0.25) is 0 Å². The molecule has 2 aromatic rings. The SMILES string of the molecule is COC1CCC(CCN)c2c1ccc1ccccc21. The third-order valence-electron chi connectivity index (χ3n) is 4.34. The van der Waals surface area contributed by atoms with Gasteiger partial charge in [0.15, 0.2) is 0 Å². The largest absolute Gasteiger partial charge is 0.377 e. The summed E-state index contributed by atoms with van der Waals surface area (Å²) >= 11 is 0. The smallest absolute Gasteiger partial charge is 0.0824 e. The van der Waals surface area contributed by atoms with Crippen molar-refractivity contribution in [1.29, 1.82) is 0 Å². The first-order valence-electron chi connectivity index (χ1n) is 7.09. The van der Waals surface area contributed by atoms with E-state index in [4.69, 9.17) is 10.5 Å². The zero-order chi connectivity index (χ0) is 13.2. The molecule has 0 amide bonds. The van der Waals surface area contributed by atoms with Gasteiger partial charge in [0.1, 0.15) is 0 Å². The van der Waals surface area contributed by atoms with Gasteiger partial charge in [-0.25, -0.2) is 0 Å². The predicted octanol–water partition coefficient (Wildman–Crippen LogP) is 3.75. The molecule has 0 spiro atoms. The van der Waals surface area contributed by atoms with Crippen LogP contribution in [0.25, 0.3) is 10.8 Å². The van der Waals surface area contributed by atoms with Gasteiger partial charge in [-0.1, -0.05) is 36.4 Å². The van der Waals surface area contributed by atoms with Gasteiger partial charge in [-0.2, -0.15) is 0 Å². The first-order chi connectivity index (χ1) is 9.35. The molecular weight excluding hydrogens is 234 g/mol. The normalized spacial score (nSPS) is 22.4.